The summed E-state index contributed by atoms with van der Waals surface area (Å²) < 4.78 is 2.12. The molecule has 0 spiro atoms. The van der Waals surface area contributed by atoms with Crippen molar-refractivity contribution in [1.82, 2.24) is 9.55 Å². The number of anilines is 1. The van der Waals surface area contributed by atoms with E-state index in [0.29, 0.717) is 5.92 Å². The minimum absolute atomic E-state index is 0.555. The van der Waals surface area contributed by atoms with Crippen molar-refractivity contribution >= 4 is 5.82 Å². The lowest BCUT2D eigenvalue weighted by Crippen LogP contribution is -2.09. The van der Waals surface area contributed by atoms with Gasteiger partial charge in [-0.3, -0.25) is 0 Å². The predicted molar refractivity (Wildman–Crippen MR) is 85.9 cm³/mol. The van der Waals surface area contributed by atoms with E-state index in [1.807, 2.05) is 6.92 Å². The summed E-state index contributed by atoms with van der Waals surface area (Å²) in [5.74, 6) is 2.32. The molecular formula is C17H25N3. The second-order valence-electron chi connectivity index (χ2n) is 6.15. The van der Waals surface area contributed by atoms with Crippen LogP contribution in [0.15, 0.2) is 12.1 Å². The van der Waals surface area contributed by atoms with Gasteiger partial charge in [-0.1, -0.05) is 19.9 Å². The van der Waals surface area contributed by atoms with E-state index in [-0.39, 0.29) is 0 Å². The Balaban J connectivity index is 2.57. The fourth-order valence-electron chi connectivity index (χ4n) is 2.59. The Hall–Kier alpha value is -1.77. The van der Waals surface area contributed by atoms with E-state index >= 15 is 0 Å². The molecule has 0 radical (unpaired) electrons. The third-order valence-electron chi connectivity index (χ3n) is 3.84. The summed E-state index contributed by atoms with van der Waals surface area (Å²) in [5, 5.41) is 0. The molecule has 2 N–H and O–H groups in total. The van der Waals surface area contributed by atoms with E-state index in [1.54, 1.807) is 0 Å². The summed E-state index contributed by atoms with van der Waals surface area (Å²) in [4.78, 5) is 4.70. The second-order valence-corrected chi connectivity index (χ2v) is 6.15. The van der Waals surface area contributed by atoms with Gasteiger partial charge in [-0.15, -0.1) is 0 Å². The lowest BCUT2D eigenvalue weighted by molar-refractivity contribution is 0.518. The number of imidazole rings is 1. The third-order valence-corrected chi connectivity index (χ3v) is 3.84. The molecule has 1 aromatic heterocycles. The molecule has 0 saturated heterocycles. The number of aromatic nitrogens is 2. The highest BCUT2D eigenvalue weighted by Gasteiger charge is 2.16. The van der Waals surface area contributed by atoms with E-state index in [9.17, 15) is 0 Å². The van der Waals surface area contributed by atoms with Gasteiger partial charge < -0.3 is 10.3 Å². The van der Waals surface area contributed by atoms with Crippen molar-refractivity contribution in [1.29, 1.82) is 0 Å². The summed E-state index contributed by atoms with van der Waals surface area (Å²) in [6.07, 6.45) is 0. The first-order valence-electron chi connectivity index (χ1n) is 7.22. The average molecular weight is 271 g/mol. The first kappa shape index (κ1) is 14.6. The first-order chi connectivity index (χ1) is 9.31. The van der Waals surface area contributed by atoms with Gasteiger partial charge in [0.05, 0.1) is 0 Å². The van der Waals surface area contributed by atoms with Gasteiger partial charge in [0, 0.05) is 12.1 Å². The normalized spacial score (nSPS) is 11.3. The summed E-state index contributed by atoms with van der Waals surface area (Å²) in [7, 11) is 0. The van der Waals surface area contributed by atoms with Crippen LogP contribution in [0.2, 0.25) is 0 Å². The molecule has 3 nitrogen and oxygen atoms in total. The van der Waals surface area contributed by atoms with Crippen molar-refractivity contribution in [3.8, 4) is 11.3 Å². The molecule has 3 heteroatoms. The summed E-state index contributed by atoms with van der Waals surface area (Å²) >= 11 is 0. The lowest BCUT2D eigenvalue weighted by Gasteiger charge is -2.11. The SMILES string of the molecule is Cc1cc(C)c(-c2nc(C)n(CC(C)C)c2N)cc1C. The van der Waals surface area contributed by atoms with Crippen LogP contribution in [-0.2, 0) is 6.54 Å². The molecule has 0 atom stereocenters. The minimum atomic E-state index is 0.555. The van der Waals surface area contributed by atoms with Crippen LogP contribution >= 0.6 is 0 Å². The molecule has 0 aliphatic rings. The molecule has 2 aromatic rings. The standard InChI is InChI=1S/C17H25N3/c1-10(2)9-20-14(6)19-16(17(20)18)15-8-12(4)11(3)7-13(15)5/h7-8,10H,9,18H2,1-6H3. The Kier molecular flexibility index (Phi) is 3.89. The molecule has 20 heavy (non-hydrogen) atoms. The molecule has 1 aromatic carbocycles. The van der Waals surface area contributed by atoms with Crippen LogP contribution in [-0.4, -0.2) is 9.55 Å². The number of hydrogen-bond acceptors (Lipinski definition) is 2. The Morgan fingerprint density at radius 1 is 1.05 bits per heavy atom. The van der Waals surface area contributed by atoms with E-state index in [0.717, 1.165) is 29.4 Å². The molecule has 0 unspecified atom stereocenters. The van der Waals surface area contributed by atoms with Gasteiger partial charge in [0.15, 0.2) is 0 Å². The molecule has 0 aliphatic carbocycles. The van der Waals surface area contributed by atoms with Crippen molar-refractivity contribution in [2.45, 2.75) is 48.1 Å². The highest BCUT2D eigenvalue weighted by Crippen LogP contribution is 2.31. The van der Waals surface area contributed by atoms with Crippen LogP contribution in [0.5, 0.6) is 0 Å². The van der Waals surface area contributed by atoms with E-state index in [1.165, 1.54) is 16.7 Å². The first-order valence-corrected chi connectivity index (χ1v) is 7.22. The number of nitrogen functional groups attached to an aromatic ring is 1. The highest BCUT2D eigenvalue weighted by atomic mass is 15.1. The van der Waals surface area contributed by atoms with Crippen molar-refractivity contribution in [2.75, 3.05) is 5.73 Å². The molecule has 1 heterocycles. The van der Waals surface area contributed by atoms with Crippen LogP contribution in [0, 0.1) is 33.6 Å². The van der Waals surface area contributed by atoms with Crippen LogP contribution in [0.3, 0.4) is 0 Å². The zero-order valence-corrected chi connectivity index (χ0v) is 13.4. The van der Waals surface area contributed by atoms with Gasteiger partial charge in [-0.25, -0.2) is 4.98 Å². The summed E-state index contributed by atoms with van der Waals surface area (Å²) in [5.41, 5.74) is 12.2. The van der Waals surface area contributed by atoms with E-state index in [2.05, 4.69) is 51.3 Å². The maximum Gasteiger partial charge on any atom is 0.131 e. The number of rotatable bonds is 3. The van der Waals surface area contributed by atoms with Crippen molar-refractivity contribution in [3.05, 3.63) is 34.6 Å². The molecule has 0 bridgehead atoms. The van der Waals surface area contributed by atoms with Gasteiger partial charge in [0.2, 0.25) is 0 Å². The smallest absolute Gasteiger partial charge is 0.131 e. The van der Waals surface area contributed by atoms with Crippen LogP contribution < -0.4 is 5.73 Å². The van der Waals surface area contributed by atoms with Crippen LogP contribution in [0.25, 0.3) is 11.3 Å². The van der Waals surface area contributed by atoms with Crippen LogP contribution in [0.1, 0.15) is 36.4 Å². The van der Waals surface area contributed by atoms with Crippen molar-refractivity contribution in [2.24, 2.45) is 5.92 Å². The van der Waals surface area contributed by atoms with Gasteiger partial charge in [0.1, 0.15) is 17.3 Å². The molecule has 2 rings (SSSR count). The third kappa shape index (κ3) is 2.58. The molecule has 0 amide bonds. The molecule has 0 aliphatic heterocycles. The Labute approximate surface area is 121 Å². The van der Waals surface area contributed by atoms with Gasteiger partial charge in [-0.05, 0) is 56.4 Å². The van der Waals surface area contributed by atoms with Crippen molar-refractivity contribution in [3.63, 3.8) is 0 Å². The lowest BCUT2D eigenvalue weighted by atomic mass is 9.99. The topological polar surface area (TPSA) is 43.8 Å². The predicted octanol–water partition coefficient (Wildman–Crippen LogP) is 4.02. The number of nitrogens with zero attached hydrogens (tertiary/aromatic N) is 2. The maximum absolute atomic E-state index is 6.34. The molecular weight excluding hydrogens is 246 g/mol. The maximum atomic E-state index is 6.34. The average Bonchev–Trinajstić information content (AvgIpc) is 2.61. The number of hydrogen-bond donors (Lipinski definition) is 1. The second kappa shape index (κ2) is 5.31. The molecule has 0 fully saturated rings. The van der Waals surface area contributed by atoms with Gasteiger partial charge in [0.25, 0.3) is 0 Å². The highest BCUT2D eigenvalue weighted by molar-refractivity contribution is 5.74. The zero-order chi connectivity index (χ0) is 15.0. The van der Waals surface area contributed by atoms with Gasteiger partial charge >= 0.3 is 0 Å². The Morgan fingerprint density at radius 3 is 2.25 bits per heavy atom. The van der Waals surface area contributed by atoms with E-state index in [4.69, 9.17) is 10.7 Å². The monoisotopic (exact) mass is 271 g/mol. The fourth-order valence-corrected chi connectivity index (χ4v) is 2.59. The molecule has 0 saturated carbocycles. The Morgan fingerprint density at radius 2 is 1.65 bits per heavy atom. The van der Waals surface area contributed by atoms with Crippen molar-refractivity contribution < 1.29 is 0 Å². The quantitative estimate of drug-likeness (QED) is 0.916. The van der Waals surface area contributed by atoms with Gasteiger partial charge in [-0.2, -0.15) is 0 Å². The molecule has 108 valence electrons. The Bertz CT molecular complexity index is 636. The zero-order valence-electron chi connectivity index (χ0n) is 13.4. The number of aryl methyl sites for hydroxylation is 4. The number of benzene rings is 1. The minimum Gasteiger partial charge on any atom is -0.383 e. The van der Waals surface area contributed by atoms with E-state index < -0.39 is 0 Å². The fraction of sp³-hybridized carbons (Fsp3) is 0.471. The van der Waals surface area contributed by atoms with Crippen LogP contribution in [0.4, 0.5) is 5.82 Å². The summed E-state index contributed by atoms with van der Waals surface area (Å²) in [6, 6.07) is 4.41. The number of nitrogens with two attached hydrogens (primary N) is 1. The summed E-state index contributed by atoms with van der Waals surface area (Å²) in [6.45, 7) is 13.7. The largest absolute Gasteiger partial charge is 0.383 e.